The van der Waals surface area contributed by atoms with Gasteiger partial charge in [-0.05, 0) is 44.6 Å². The molecule has 2 heterocycles. The van der Waals surface area contributed by atoms with E-state index in [9.17, 15) is 13.5 Å². The van der Waals surface area contributed by atoms with Crippen LogP contribution in [-0.4, -0.2) is 55.4 Å². The van der Waals surface area contributed by atoms with Gasteiger partial charge in [0.05, 0.1) is 11.9 Å². The van der Waals surface area contributed by atoms with Crippen LogP contribution >= 0.6 is 0 Å². The first-order valence-electron chi connectivity index (χ1n) is 7.95. The lowest BCUT2D eigenvalue weighted by Crippen LogP contribution is -2.38. The molecule has 6 heteroatoms. The molecule has 0 aromatic heterocycles. The zero-order valence-electron chi connectivity index (χ0n) is 12.0. The summed E-state index contributed by atoms with van der Waals surface area (Å²) in [6.45, 7) is 2.18. The van der Waals surface area contributed by atoms with Gasteiger partial charge in [0.25, 0.3) is 0 Å². The van der Waals surface area contributed by atoms with E-state index in [-0.39, 0.29) is 17.8 Å². The maximum atomic E-state index is 12.4. The summed E-state index contributed by atoms with van der Waals surface area (Å²) < 4.78 is 26.5. The normalized spacial score (nSPS) is 39.0. The third-order valence-corrected chi connectivity index (χ3v) is 7.15. The molecule has 3 fully saturated rings. The highest BCUT2D eigenvalue weighted by molar-refractivity contribution is 7.89. The van der Waals surface area contributed by atoms with E-state index in [0.29, 0.717) is 25.0 Å². The fourth-order valence-electron chi connectivity index (χ4n) is 4.01. The molecule has 0 radical (unpaired) electrons. The molecule has 0 amide bonds. The third kappa shape index (κ3) is 3.03. The van der Waals surface area contributed by atoms with Crippen LogP contribution in [0.1, 0.15) is 38.5 Å². The zero-order valence-corrected chi connectivity index (χ0v) is 12.8. The van der Waals surface area contributed by atoms with Gasteiger partial charge in [0.1, 0.15) is 0 Å². The molecular formula is C14H26N2O3S. The summed E-state index contributed by atoms with van der Waals surface area (Å²) >= 11 is 0. The van der Waals surface area contributed by atoms with E-state index in [2.05, 4.69) is 5.32 Å². The number of fused-ring (bicyclic) bond motifs is 1. The second-order valence-corrected chi connectivity index (χ2v) is 8.73. The highest BCUT2D eigenvalue weighted by atomic mass is 32.2. The summed E-state index contributed by atoms with van der Waals surface area (Å²) in [6, 6.07) is 0.367. The lowest BCUT2D eigenvalue weighted by atomic mass is 10.00. The van der Waals surface area contributed by atoms with E-state index >= 15 is 0 Å². The topological polar surface area (TPSA) is 69.6 Å². The first kappa shape index (κ1) is 14.8. The molecule has 4 atom stereocenters. The molecule has 3 aliphatic rings. The van der Waals surface area contributed by atoms with Crippen LogP contribution in [0.15, 0.2) is 0 Å². The number of sulfonamides is 1. The van der Waals surface area contributed by atoms with E-state index in [1.54, 1.807) is 4.31 Å². The molecule has 0 aromatic carbocycles. The van der Waals surface area contributed by atoms with Gasteiger partial charge in [0.2, 0.25) is 10.0 Å². The van der Waals surface area contributed by atoms with Gasteiger partial charge in [-0.15, -0.1) is 0 Å². The molecule has 2 aliphatic heterocycles. The summed E-state index contributed by atoms with van der Waals surface area (Å²) in [5.41, 5.74) is 0. The van der Waals surface area contributed by atoms with Gasteiger partial charge in [0, 0.05) is 25.0 Å². The highest BCUT2D eigenvalue weighted by Crippen LogP contribution is 2.39. The monoisotopic (exact) mass is 302 g/mol. The molecular weight excluding hydrogens is 276 g/mol. The van der Waals surface area contributed by atoms with Crippen molar-refractivity contribution in [1.82, 2.24) is 9.62 Å². The largest absolute Gasteiger partial charge is 0.393 e. The van der Waals surface area contributed by atoms with Crippen LogP contribution in [0.2, 0.25) is 0 Å². The Hall–Kier alpha value is -0.170. The third-order valence-electron chi connectivity index (χ3n) is 5.32. The van der Waals surface area contributed by atoms with Gasteiger partial charge in [-0.25, -0.2) is 12.7 Å². The molecule has 20 heavy (non-hydrogen) atoms. The molecule has 1 aliphatic carbocycles. The molecule has 2 saturated heterocycles. The second-order valence-electron chi connectivity index (χ2n) is 6.64. The van der Waals surface area contributed by atoms with Crippen molar-refractivity contribution in [3.8, 4) is 0 Å². The zero-order chi connectivity index (χ0) is 14.2. The van der Waals surface area contributed by atoms with E-state index < -0.39 is 10.0 Å². The van der Waals surface area contributed by atoms with Crippen molar-refractivity contribution < 1.29 is 13.5 Å². The van der Waals surface area contributed by atoms with Crippen LogP contribution in [0.3, 0.4) is 0 Å². The van der Waals surface area contributed by atoms with Crippen LogP contribution in [0.4, 0.5) is 0 Å². The fraction of sp³-hybridized carbons (Fsp3) is 1.00. The molecule has 116 valence electrons. The minimum Gasteiger partial charge on any atom is -0.393 e. The highest BCUT2D eigenvalue weighted by Gasteiger charge is 2.45. The number of hydrogen-bond acceptors (Lipinski definition) is 4. The number of aliphatic hydroxyl groups excluding tert-OH is 1. The molecule has 0 spiro atoms. The SMILES string of the molecule is O=S(=O)(CCC1CCCCN1)N1CC2CCC(O)C2C1. The Kier molecular flexibility index (Phi) is 4.36. The van der Waals surface area contributed by atoms with Crippen LogP contribution in [0.25, 0.3) is 0 Å². The summed E-state index contributed by atoms with van der Waals surface area (Å²) in [4.78, 5) is 0. The van der Waals surface area contributed by atoms with Crippen molar-refractivity contribution in [2.45, 2.75) is 50.7 Å². The lowest BCUT2D eigenvalue weighted by molar-refractivity contribution is 0.129. The number of rotatable bonds is 4. The van der Waals surface area contributed by atoms with Crippen LogP contribution < -0.4 is 5.32 Å². The number of aliphatic hydroxyl groups is 1. The quantitative estimate of drug-likeness (QED) is 0.796. The van der Waals surface area contributed by atoms with Crippen molar-refractivity contribution in [3.63, 3.8) is 0 Å². The van der Waals surface area contributed by atoms with Gasteiger partial charge in [-0.3, -0.25) is 0 Å². The summed E-state index contributed by atoms with van der Waals surface area (Å²) in [6.07, 6.45) is 5.75. The predicted octanol–water partition coefficient (Wildman–Crippen LogP) is 0.551. The molecule has 1 saturated carbocycles. The van der Waals surface area contributed by atoms with Crippen molar-refractivity contribution in [2.24, 2.45) is 11.8 Å². The minimum atomic E-state index is -3.14. The van der Waals surface area contributed by atoms with Crippen molar-refractivity contribution >= 4 is 10.0 Å². The molecule has 5 nitrogen and oxygen atoms in total. The summed E-state index contributed by atoms with van der Waals surface area (Å²) in [5, 5.41) is 13.3. The van der Waals surface area contributed by atoms with E-state index in [0.717, 1.165) is 32.2 Å². The van der Waals surface area contributed by atoms with Gasteiger partial charge < -0.3 is 10.4 Å². The second kappa shape index (κ2) is 5.91. The maximum Gasteiger partial charge on any atom is 0.214 e. The van der Waals surface area contributed by atoms with E-state index in [1.807, 2.05) is 0 Å². The molecule has 2 N–H and O–H groups in total. The Morgan fingerprint density at radius 1 is 1.15 bits per heavy atom. The van der Waals surface area contributed by atoms with Crippen molar-refractivity contribution in [1.29, 1.82) is 0 Å². The first-order valence-corrected chi connectivity index (χ1v) is 9.56. The molecule has 0 bridgehead atoms. The molecule has 4 unspecified atom stereocenters. The maximum absolute atomic E-state index is 12.4. The Labute approximate surface area is 121 Å². The molecule has 0 aromatic rings. The van der Waals surface area contributed by atoms with Crippen LogP contribution in [0.5, 0.6) is 0 Å². The fourth-order valence-corrected chi connectivity index (χ4v) is 5.67. The number of piperidine rings is 1. The Bertz CT molecular complexity index is 434. The number of hydrogen-bond donors (Lipinski definition) is 2. The Morgan fingerprint density at radius 3 is 2.70 bits per heavy atom. The van der Waals surface area contributed by atoms with Crippen molar-refractivity contribution in [2.75, 3.05) is 25.4 Å². The van der Waals surface area contributed by atoms with Gasteiger partial charge in [-0.2, -0.15) is 0 Å². The van der Waals surface area contributed by atoms with Gasteiger partial charge >= 0.3 is 0 Å². The smallest absolute Gasteiger partial charge is 0.214 e. The summed E-state index contributed by atoms with van der Waals surface area (Å²) in [5.74, 6) is 0.811. The van der Waals surface area contributed by atoms with Crippen LogP contribution in [0, 0.1) is 11.8 Å². The Balaban J connectivity index is 1.53. The van der Waals surface area contributed by atoms with Crippen molar-refractivity contribution in [3.05, 3.63) is 0 Å². The van der Waals surface area contributed by atoms with E-state index in [4.69, 9.17) is 0 Å². The van der Waals surface area contributed by atoms with Gasteiger partial charge in [-0.1, -0.05) is 6.42 Å². The first-order chi connectivity index (χ1) is 9.56. The van der Waals surface area contributed by atoms with Gasteiger partial charge in [0.15, 0.2) is 0 Å². The number of nitrogens with zero attached hydrogens (tertiary/aromatic N) is 1. The lowest BCUT2D eigenvalue weighted by Gasteiger charge is -2.25. The van der Waals surface area contributed by atoms with E-state index in [1.165, 1.54) is 12.8 Å². The minimum absolute atomic E-state index is 0.178. The number of nitrogens with one attached hydrogen (secondary N) is 1. The summed E-state index contributed by atoms with van der Waals surface area (Å²) in [7, 11) is -3.14. The Morgan fingerprint density at radius 2 is 2.00 bits per heavy atom. The van der Waals surface area contributed by atoms with Crippen LogP contribution in [-0.2, 0) is 10.0 Å². The standard InChI is InChI=1S/C14H26N2O3S/c17-14-5-4-11-9-16(10-13(11)14)20(18,19)8-6-12-3-1-2-7-15-12/h11-15,17H,1-10H2. The molecule has 3 rings (SSSR count). The average molecular weight is 302 g/mol. The predicted molar refractivity (Wildman–Crippen MR) is 77.8 cm³/mol. The average Bonchev–Trinajstić information content (AvgIpc) is 3.01.